The molecule has 1 aliphatic carbocycles. The first-order chi connectivity index (χ1) is 8.00. The van der Waals surface area contributed by atoms with E-state index in [1.165, 1.54) is 0 Å². The van der Waals surface area contributed by atoms with E-state index >= 15 is 0 Å². The van der Waals surface area contributed by atoms with E-state index in [-0.39, 0.29) is 17.2 Å². The van der Waals surface area contributed by atoms with Gasteiger partial charge in [-0.15, -0.1) is 0 Å². The van der Waals surface area contributed by atoms with Crippen LogP contribution in [-0.4, -0.2) is 16.2 Å². The van der Waals surface area contributed by atoms with Gasteiger partial charge in [-0.2, -0.15) is 0 Å². The van der Waals surface area contributed by atoms with Crippen molar-refractivity contribution in [2.24, 2.45) is 0 Å². The highest BCUT2D eigenvalue weighted by atomic mass is 35.5. The summed E-state index contributed by atoms with van der Waals surface area (Å²) in [5.74, 6) is -1.16. The molecule has 90 valence electrons. The first-order valence-electron chi connectivity index (χ1n) is 4.92. The predicted molar refractivity (Wildman–Crippen MR) is 63.4 cm³/mol. The van der Waals surface area contributed by atoms with E-state index in [1.807, 2.05) is 0 Å². The average Bonchev–Trinajstić information content (AvgIpc) is 2.64. The van der Waals surface area contributed by atoms with Crippen LogP contribution in [0, 0.1) is 6.92 Å². The van der Waals surface area contributed by atoms with Crippen molar-refractivity contribution in [3.8, 4) is 0 Å². The molecule has 1 atom stereocenters. The Morgan fingerprint density at radius 2 is 2.24 bits per heavy atom. The number of nitrogens with zero attached hydrogens (tertiary/aromatic N) is 1. The van der Waals surface area contributed by atoms with Gasteiger partial charge in [-0.05, 0) is 25.5 Å². The maximum absolute atomic E-state index is 11.1. The van der Waals surface area contributed by atoms with Crippen LogP contribution in [0.5, 0.6) is 0 Å². The summed E-state index contributed by atoms with van der Waals surface area (Å²) in [7, 11) is 0. The van der Waals surface area contributed by atoms with E-state index in [4.69, 9.17) is 32.8 Å². The van der Waals surface area contributed by atoms with Gasteiger partial charge in [-0.25, -0.2) is 4.79 Å². The van der Waals surface area contributed by atoms with Gasteiger partial charge >= 0.3 is 5.97 Å². The Bertz CT molecular complexity index is 531. The molecule has 1 aliphatic rings. The molecule has 4 nitrogen and oxygen atoms in total. The highest BCUT2D eigenvalue weighted by Crippen LogP contribution is 2.38. The fourth-order valence-electron chi connectivity index (χ4n) is 1.76. The minimum atomic E-state index is -1.08. The van der Waals surface area contributed by atoms with Crippen molar-refractivity contribution in [2.45, 2.75) is 19.3 Å². The van der Waals surface area contributed by atoms with Gasteiger partial charge in [0.2, 0.25) is 0 Å². The molecule has 0 bridgehead atoms. The number of carbonyl (C=O) groups is 1. The number of carboxylic acids is 1. The molecule has 1 aromatic heterocycles. The molecule has 0 aliphatic heterocycles. The van der Waals surface area contributed by atoms with Crippen molar-refractivity contribution in [1.82, 2.24) is 5.16 Å². The molecule has 0 saturated heterocycles. The van der Waals surface area contributed by atoms with E-state index in [1.54, 1.807) is 19.1 Å². The molecule has 0 aromatic carbocycles. The largest absolute Gasteiger partial charge is 0.477 e. The van der Waals surface area contributed by atoms with Gasteiger partial charge in [0.1, 0.15) is 17.0 Å². The maximum Gasteiger partial charge on any atom is 0.341 e. The van der Waals surface area contributed by atoms with E-state index in [0.717, 1.165) is 0 Å². The molecular formula is C11H9Cl2NO3. The normalized spacial score (nSPS) is 19.8. The molecule has 0 fully saturated rings. The number of hydrogen-bond donors (Lipinski definition) is 1. The molecular weight excluding hydrogens is 265 g/mol. The van der Waals surface area contributed by atoms with Gasteiger partial charge in [0, 0.05) is 16.0 Å². The third-order valence-electron chi connectivity index (χ3n) is 2.59. The average molecular weight is 274 g/mol. The Labute approximate surface area is 107 Å². The van der Waals surface area contributed by atoms with Crippen LogP contribution in [-0.2, 0) is 0 Å². The first-order valence-corrected chi connectivity index (χ1v) is 5.67. The van der Waals surface area contributed by atoms with E-state index in [9.17, 15) is 4.79 Å². The molecule has 1 aromatic rings. The summed E-state index contributed by atoms with van der Waals surface area (Å²) < 4.78 is 4.91. The van der Waals surface area contributed by atoms with Crippen LogP contribution < -0.4 is 0 Å². The van der Waals surface area contributed by atoms with Gasteiger partial charge < -0.3 is 9.63 Å². The summed E-state index contributed by atoms with van der Waals surface area (Å²) in [4.78, 5) is 11.1. The number of carboxylic acid groups (broad SMARTS) is 1. The van der Waals surface area contributed by atoms with Gasteiger partial charge in [0.05, 0.1) is 0 Å². The number of rotatable bonds is 2. The molecule has 2 rings (SSSR count). The Morgan fingerprint density at radius 1 is 1.53 bits per heavy atom. The second kappa shape index (κ2) is 4.55. The third kappa shape index (κ3) is 2.23. The van der Waals surface area contributed by atoms with Crippen LogP contribution in [0.1, 0.15) is 34.2 Å². The third-order valence-corrected chi connectivity index (χ3v) is 3.26. The van der Waals surface area contributed by atoms with E-state index in [2.05, 4.69) is 5.16 Å². The Balaban J connectivity index is 2.45. The van der Waals surface area contributed by atoms with Crippen LogP contribution in [0.15, 0.2) is 26.7 Å². The van der Waals surface area contributed by atoms with Crippen molar-refractivity contribution in [2.75, 3.05) is 0 Å². The van der Waals surface area contributed by atoms with Gasteiger partial charge in [0.15, 0.2) is 0 Å². The number of hydrogen-bond acceptors (Lipinski definition) is 3. The second-order valence-corrected chi connectivity index (χ2v) is 4.65. The van der Waals surface area contributed by atoms with Crippen molar-refractivity contribution in [1.29, 1.82) is 0 Å². The number of allylic oxidation sites excluding steroid dienone is 4. The molecule has 1 heterocycles. The van der Waals surface area contributed by atoms with Gasteiger partial charge in [-0.3, -0.25) is 0 Å². The van der Waals surface area contributed by atoms with Crippen molar-refractivity contribution >= 4 is 29.2 Å². The summed E-state index contributed by atoms with van der Waals surface area (Å²) in [6, 6.07) is 0. The maximum atomic E-state index is 11.1. The number of halogens is 2. The van der Waals surface area contributed by atoms with Crippen LogP contribution in [0.4, 0.5) is 0 Å². The zero-order valence-corrected chi connectivity index (χ0v) is 10.4. The molecule has 0 amide bonds. The van der Waals surface area contributed by atoms with Crippen molar-refractivity contribution < 1.29 is 14.4 Å². The zero-order chi connectivity index (χ0) is 12.6. The first kappa shape index (κ1) is 12.2. The lowest BCUT2D eigenvalue weighted by atomic mass is 9.93. The van der Waals surface area contributed by atoms with Crippen molar-refractivity contribution in [3.05, 3.63) is 39.2 Å². The molecule has 0 radical (unpaired) electrons. The highest BCUT2D eigenvalue weighted by molar-refractivity contribution is 6.33. The molecule has 1 unspecified atom stereocenters. The molecule has 17 heavy (non-hydrogen) atoms. The molecule has 0 saturated carbocycles. The van der Waals surface area contributed by atoms with Crippen molar-refractivity contribution in [3.63, 3.8) is 0 Å². The summed E-state index contributed by atoms with van der Waals surface area (Å²) in [6.07, 6.45) is 3.77. The van der Waals surface area contributed by atoms with E-state index < -0.39 is 5.97 Å². The highest BCUT2D eigenvalue weighted by Gasteiger charge is 2.29. The molecule has 0 spiro atoms. The fourth-order valence-corrected chi connectivity index (χ4v) is 2.22. The minimum absolute atomic E-state index is 0.0629. The van der Waals surface area contributed by atoms with Crippen LogP contribution in [0.2, 0.25) is 0 Å². The van der Waals surface area contributed by atoms with Crippen LogP contribution in [0.25, 0.3) is 0 Å². The Morgan fingerprint density at radius 3 is 2.88 bits per heavy atom. The summed E-state index contributed by atoms with van der Waals surface area (Å²) >= 11 is 12.0. The van der Waals surface area contributed by atoms with Crippen LogP contribution in [0.3, 0.4) is 0 Å². The lowest BCUT2D eigenvalue weighted by Crippen LogP contribution is -2.09. The molecule has 1 N–H and O–H groups in total. The minimum Gasteiger partial charge on any atom is -0.477 e. The smallest absolute Gasteiger partial charge is 0.341 e. The van der Waals surface area contributed by atoms with Crippen LogP contribution >= 0.6 is 23.2 Å². The van der Waals surface area contributed by atoms with E-state index in [0.29, 0.717) is 22.2 Å². The number of aromatic nitrogens is 1. The monoisotopic (exact) mass is 273 g/mol. The SMILES string of the molecule is Cc1onc(C2CC(Cl)=CC=C2Cl)c1C(=O)O. The summed E-state index contributed by atoms with van der Waals surface area (Å²) in [6.45, 7) is 1.55. The van der Waals surface area contributed by atoms with Gasteiger partial charge in [0.25, 0.3) is 0 Å². The van der Waals surface area contributed by atoms with Gasteiger partial charge in [-0.1, -0.05) is 28.4 Å². The number of aromatic carboxylic acids is 1. The standard InChI is InChI=1S/C11H9Cl2NO3/c1-5-9(11(15)16)10(14-17-5)7-4-6(12)2-3-8(7)13/h2-3,7H,4H2,1H3,(H,15,16). The number of aryl methyl sites for hydroxylation is 1. The second-order valence-electron chi connectivity index (χ2n) is 3.73. The Kier molecular flexibility index (Phi) is 3.26. The fraction of sp³-hybridized carbons (Fsp3) is 0.273. The lowest BCUT2D eigenvalue weighted by Gasteiger charge is -2.16. The zero-order valence-electron chi connectivity index (χ0n) is 8.91. The summed E-state index contributed by atoms with van der Waals surface area (Å²) in [5, 5.41) is 14.0. The summed E-state index contributed by atoms with van der Waals surface area (Å²) in [5.41, 5.74) is 0.385. The predicted octanol–water partition coefficient (Wildman–Crippen LogP) is 3.41. The quantitative estimate of drug-likeness (QED) is 0.897. The lowest BCUT2D eigenvalue weighted by molar-refractivity contribution is 0.0693. The Hall–Kier alpha value is -1.26. The topological polar surface area (TPSA) is 63.3 Å². The molecule has 6 heteroatoms.